The van der Waals surface area contributed by atoms with Crippen LogP contribution in [0.15, 0.2) is 24.3 Å². The molecule has 0 unspecified atom stereocenters. The highest BCUT2D eigenvalue weighted by Crippen LogP contribution is 2.27. The molecule has 0 aliphatic carbocycles. The standard InChI is InChI=1S/C16H21N3O2/c1-4-12(5-2)16-15(11-20)17-18-19(16)13-7-9-14(10-8-13)21-6-3/h7-12H,4-6H2,1-3H3. The maximum absolute atomic E-state index is 11.2. The molecule has 0 saturated carbocycles. The summed E-state index contributed by atoms with van der Waals surface area (Å²) < 4.78 is 7.20. The number of carbonyl (C=O) groups excluding carboxylic acids is 1. The first-order valence-electron chi connectivity index (χ1n) is 7.39. The molecule has 1 aromatic heterocycles. The lowest BCUT2D eigenvalue weighted by Gasteiger charge is -2.15. The molecule has 112 valence electrons. The molecule has 0 N–H and O–H groups in total. The fourth-order valence-electron chi connectivity index (χ4n) is 2.48. The Kier molecular flexibility index (Phi) is 5.09. The van der Waals surface area contributed by atoms with Crippen LogP contribution < -0.4 is 4.74 Å². The summed E-state index contributed by atoms with van der Waals surface area (Å²) in [6.45, 7) is 6.81. The summed E-state index contributed by atoms with van der Waals surface area (Å²) in [7, 11) is 0. The zero-order valence-electron chi connectivity index (χ0n) is 12.7. The van der Waals surface area contributed by atoms with Gasteiger partial charge in [-0.15, -0.1) is 5.10 Å². The molecule has 0 aliphatic rings. The minimum absolute atomic E-state index is 0.270. The molecule has 0 amide bonds. The highest BCUT2D eigenvalue weighted by molar-refractivity contribution is 5.74. The number of ether oxygens (including phenoxy) is 1. The number of benzene rings is 1. The third-order valence-corrected chi connectivity index (χ3v) is 3.61. The number of hydrogen-bond donors (Lipinski definition) is 0. The second kappa shape index (κ2) is 7.02. The second-order valence-corrected chi connectivity index (χ2v) is 4.83. The van der Waals surface area contributed by atoms with Crippen LogP contribution in [-0.4, -0.2) is 27.9 Å². The van der Waals surface area contributed by atoms with Crippen molar-refractivity contribution in [2.45, 2.75) is 39.5 Å². The van der Waals surface area contributed by atoms with Crippen LogP contribution in [0.2, 0.25) is 0 Å². The lowest BCUT2D eigenvalue weighted by Crippen LogP contribution is -2.08. The van der Waals surface area contributed by atoms with Gasteiger partial charge >= 0.3 is 0 Å². The summed E-state index contributed by atoms with van der Waals surface area (Å²) in [5.74, 6) is 1.09. The van der Waals surface area contributed by atoms with Gasteiger partial charge in [-0.25, -0.2) is 4.68 Å². The summed E-state index contributed by atoms with van der Waals surface area (Å²) in [6.07, 6.45) is 2.68. The van der Waals surface area contributed by atoms with Crippen molar-refractivity contribution < 1.29 is 9.53 Å². The van der Waals surface area contributed by atoms with E-state index < -0.39 is 0 Å². The number of aldehydes is 1. The smallest absolute Gasteiger partial charge is 0.172 e. The monoisotopic (exact) mass is 287 g/mol. The van der Waals surface area contributed by atoms with Crippen molar-refractivity contribution in [2.75, 3.05) is 6.61 Å². The Hall–Kier alpha value is -2.17. The molecule has 1 aromatic carbocycles. The number of hydrogen-bond acceptors (Lipinski definition) is 4. The van der Waals surface area contributed by atoms with E-state index in [0.29, 0.717) is 12.3 Å². The van der Waals surface area contributed by atoms with Crippen molar-refractivity contribution in [3.63, 3.8) is 0 Å². The first kappa shape index (κ1) is 15.2. The van der Waals surface area contributed by atoms with Gasteiger partial charge in [-0.3, -0.25) is 4.79 Å². The number of aromatic nitrogens is 3. The molecule has 5 heteroatoms. The molecular weight excluding hydrogens is 266 g/mol. The van der Waals surface area contributed by atoms with E-state index >= 15 is 0 Å². The molecule has 0 fully saturated rings. The molecule has 0 spiro atoms. The Morgan fingerprint density at radius 2 is 1.86 bits per heavy atom. The van der Waals surface area contributed by atoms with Gasteiger partial charge in [0.15, 0.2) is 6.29 Å². The Labute approximate surface area is 124 Å². The highest BCUT2D eigenvalue weighted by Gasteiger charge is 2.20. The van der Waals surface area contributed by atoms with Crippen molar-refractivity contribution in [1.82, 2.24) is 15.0 Å². The van der Waals surface area contributed by atoms with Crippen LogP contribution in [0.4, 0.5) is 0 Å². The average molecular weight is 287 g/mol. The molecule has 2 aromatic rings. The van der Waals surface area contributed by atoms with Gasteiger partial charge in [-0.2, -0.15) is 0 Å². The molecule has 0 radical (unpaired) electrons. The van der Waals surface area contributed by atoms with E-state index in [4.69, 9.17) is 4.74 Å². The van der Waals surface area contributed by atoms with Crippen LogP contribution in [0, 0.1) is 0 Å². The fourth-order valence-corrected chi connectivity index (χ4v) is 2.48. The van der Waals surface area contributed by atoms with E-state index in [0.717, 1.165) is 36.3 Å². The van der Waals surface area contributed by atoms with Crippen LogP contribution in [0.5, 0.6) is 5.75 Å². The lowest BCUT2D eigenvalue weighted by atomic mass is 9.97. The van der Waals surface area contributed by atoms with Crippen LogP contribution in [0.3, 0.4) is 0 Å². The first-order valence-corrected chi connectivity index (χ1v) is 7.39. The Bertz CT molecular complexity index is 586. The van der Waals surface area contributed by atoms with Gasteiger partial charge in [0, 0.05) is 5.92 Å². The zero-order valence-corrected chi connectivity index (χ0v) is 12.7. The van der Waals surface area contributed by atoms with Gasteiger partial charge in [0.25, 0.3) is 0 Å². The summed E-state index contributed by atoms with van der Waals surface area (Å²) in [4.78, 5) is 11.2. The summed E-state index contributed by atoms with van der Waals surface area (Å²) in [5, 5.41) is 8.14. The largest absolute Gasteiger partial charge is 0.494 e. The van der Waals surface area contributed by atoms with Gasteiger partial charge < -0.3 is 4.74 Å². The topological polar surface area (TPSA) is 57.0 Å². The number of carbonyl (C=O) groups is 1. The van der Waals surface area contributed by atoms with Gasteiger partial charge in [-0.05, 0) is 44.0 Å². The molecule has 0 bridgehead atoms. The Morgan fingerprint density at radius 3 is 2.38 bits per heavy atom. The second-order valence-electron chi connectivity index (χ2n) is 4.83. The quantitative estimate of drug-likeness (QED) is 0.732. The average Bonchev–Trinajstić information content (AvgIpc) is 2.94. The molecular formula is C16H21N3O2. The predicted octanol–water partition coefficient (Wildman–Crippen LogP) is 3.38. The molecule has 1 heterocycles. The number of rotatable bonds is 7. The minimum atomic E-state index is 0.270. The van der Waals surface area contributed by atoms with E-state index in [2.05, 4.69) is 24.2 Å². The molecule has 0 aliphatic heterocycles. The first-order chi connectivity index (χ1) is 10.2. The van der Waals surface area contributed by atoms with E-state index in [9.17, 15) is 4.79 Å². The molecule has 0 saturated heterocycles. The molecule has 0 atom stereocenters. The van der Waals surface area contributed by atoms with Crippen LogP contribution in [-0.2, 0) is 0 Å². The van der Waals surface area contributed by atoms with Gasteiger partial charge in [-0.1, -0.05) is 19.1 Å². The SMILES string of the molecule is CCOc1ccc(-n2nnc(C=O)c2C(CC)CC)cc1. The van der Waals surface area contributed by atoms with Crippen LogP contribution in [0.25, 0.3) is 5.69 Å². The van der Waals surface area contributed by atoms with Crippen molar-refractivity contribution in [3.05, 3.63) is 35.7 Å². The van der Waals surface area contributed by atoms with Crippen molar-refractivity contribution in [3.8, 4) is 11.4 Å². The molecule has 21 heavy (non-hydrogen) atoms. The summed E-state index contributed by atoms with van der Waals surface area (Å²) in [6, 6.07) is 7.66. The Balaban J connectivity index is 2.43. The third-order valence-electron chi connectivity index (χ3n) is 3.61. The van der Waals surface area contributed by atoms with E-state index in [1.807, 2.05) is 31.2 Å². The highest BCUT2D eigenvalue weighted by atomic mass is 16.5. The normalized spacial score (nSPS) is 10.9. The van der Waals surface area contributed by atoms with E-state index in [1.54, 1.807) is 4.68 Å². The Morgan fingerprint density at radius 1 is 1.19 bits per heavy atom. The van der Waals surface area contributed by atoms with Gasteiger partial charge in [0.05, 0.1) is 18.0 Å². The van der Waals surface area contributed by atoms with Crippen molar-refractivity contribution in [2.24, 2.45) is 0 Å². The summed E-state index contributed by atoms with van der Waals surface area (Å²) >= 11 is 0. The van der Waals surface area contributed by atoms with Gasteiger partial charge in [0.2, 0.25) is 0 Å². The maximum Gasteiger partial charge on any atom is 0.172 e. The maximum atomic E-state index is 11.2. The van der Waals surface area contributed by atoms with Crippen LogP contribution in [0.1, 0.15) is 55.7 Å². The summed E-state index contributed by atoms with van der Waals surface area (Å²) in [5.41, 5.74) is 2.21. The number of nitrogens with zero attached hydrogens (tertiary/aromatic N) is 3. The third kappa shape index (κ3) is 3.12. The van der Waals surface area contributed by atoms with Gasteiger partial charge in [0.1, 0.15) is 11.4 Å². The lowest BCUT2D eigenvalue weighted by molar-refractivity contribution is 0.111. The predicted molar refractivity (Wildman–Crippen MR) is 81.2 cm³/mol. The van der Waals surface area contributed by atoms with Crippen LogP contribution >= 0.6 is 0 Å². The van der Waals surface area contributed by atoms with Crippen molar-refractivity contribution >= 4 is 6.29 Å². The minimum Gasteiger partial charge on any atom is -0.494 e. The fraction of sp³-hybridized carbons (Fsp3) is 0.438. The van der Waals surface area contributed by atoms with E-state index in [1.165, 1.54) is 0 Å². The van der Waals surface area contributed by atoms with Crippen molar-refractivity contribution in [1.29, 1.82) is 0 Å². The van der Waals surface area contributed by atoms with E-state index in [-0.39, 0.29) is 5.92 Å². The molecule has 5 nitrogen and oxygen atoms in total. The zero-order chi connectivity index (χ0) is 15.2. The molecule has 2 rings (SSSR count).